The van der Waals surface area contributed by atoms with Crippen LogP contribution in [0.5, 0.6) is 0 Å². The van der Waals surface area contributed by atoms with Crippen LogP contribution in [0, 0.1) is 11.3 Å². The average Bonchev–Trinajstić information content (AvgIpc) is 3.48. The van der Waals surface area contributed by atoms with Crippen molar-refractivity contribution in [3.8, 4) is 23.1 Å². The lowest BCUT2D eigenvalue weighted by molar-refractivity contribution is -0.138. The van der Waals surface area contributed by atoms with Gasteiger partial charge in [-0.15, -0.1) is 5.10 Å². The van der Waals surface area contributed by atoms with Gasteiger partial charge in [-0.3, -0.25) is 9.59 Å². The molecule has 1 aromatic carbocycles. The van der Waals surface area contributed by atoms with Crippen LogP contribution in [-0.4, -0.2) is 54.2 Å². The Morgan fingerprint density at radius 2 is 1.90 bits per heavy atom. The van der Waals surface area contributed by atoms with Crippen LogP contribution in [0.15, 0.2) is 48.7 Å². The number of carboxylic acid groups (broad SMARTS) is 1. The van der Waals surface area contributed by atoms with Gasteiger partial charge in [0.25, 0.3) is 5.91 Å². The number of carbonyl (C=O) groups excluding carboxylic acids is 1. The van der Waals surface area contributed by atoms with Gasteiger partial charge >= 0.3 is 5.97 Å². The molecule has 9 nitrogen and oxygen atoms in total. The van der Waals surface area contributed by atoms with Crippen molar-refractivity contribution < 1.29 is 14.7 Å². The number of nitriles is 1. The second-order valence-electron chi connectivity index (χ2n) is 7.32. The van der Waals surface area contributed by atoms with E-state index in [1.165, 1.54) is 15.8 Å². The quantitative estimate of drug-likeness (QED) is 0.655. The minimum absolute atomic E-state index is 0.0728. The Kier molecular flexibility index (Phi) is 5.71. The van der Waals surface area contributed by atoms with Crippen LogP contribution in [0.4, 0.5) is 0 Å². The molecule has 31 heavy (non-hydrogen) atoms. The van der Waals surface area contributed by atoms with Gasteiger partial charge in [-0.25, -0.2) is 14.6 Å². The molecule has 1 saturated carbocycles. The largest absolute Gasteiger partial charge is 0.480 e. The standard InChI is InChI=1S/C22H20N6O3/c23-12-16-10-11-18(13-24-16)28-21(15-6-2-1-3-7-15)25-20(26-28)22(31)27(14-19(29)30)17-8-4-5-9-17/h1-3,6-7,10-11,13,17H,4-5,8-9,14H2,(H,29,30). The molecule has 1 fully saturated rings. The predicted molar refractivity (Wildman–Crippen MR) is 110 cm³/mol. The molecule has 1 aliphatic carbocycles. The molecule has 0 bridgehead atoms. The van der Waals surface area contributed by atoms with Crippen LogP contribution in [0.3, 0.4) is 0 Å². The summed E-state index contributed by atoms with van der Waals surface area (Å²) in [5, 5.41) is 22.7. The first-order valence-electron chi connectivity index (χ1n) is 9.98. The lowest BCUT2D eigenvalue weighted by Crippen LogP contribution is -2.42. The first kappa shape index (κ1) is 20.2. The van der Waals surface area contributed by atoms with E-state index in [0.29, 0.717) is 11.5 Å². The summed E-state index contributed by atoms with van der Waals surface area (Å²) < 4.78 is 1.49. The molecular formula is C22H20N6O3. The van der Waals surface area contributed by atoms with Crippen molar-refractivity contribution in [2.75, 3.05) is 6.54 Å². The molecule has 1 aliphatic rings. The zero-order chi connectivity index (χ0) is 21.8. The SMILES string of the molecule is N#Cc1ccc(-n2nc(C(=O)N(CC(=O)O)C3CCCC3)nc2-c2ccccc2)cn1. The predicted octanol–water partition coefficient (Wildman–Crippen LogP) is 2.67. The average molecular weight is 416 g/mol. The normalized spacial score (nSPS) is 13.6. The van der Waals surface area contributed by atoms with Crippen molar-refractivity contribution in [1.82, 2.24) is 24.6 Å². The molecule has 2 aromatic heterocycles. The second-order valence-corrected chi connectivity index (χ2v) is 7.32. The highest BCUT2D eigenvalue weighted by Crippen LogP contribution is 2.26. The number of benzene rings is 1. The van der Waals surface area contributed by atoms with Crippen LogP contribution in [0.1, 0.15) is 42.0 Å². The van der Waals surface area contributed by atoms with E-state index in [-0.39, 0.29) is 17.6 Å². The number of hydrogen-bond donors (Lipinski definition) is 1. The Labute approximate surface area is 178 Å². The molecule has 1 amide bonds. The van der Waals surface area contributed by atoms with Crippen molar-refractivity contribution >= 4 is 11.9 Å². The Morgan fingerprint density at radius 1 is 1.16 bits per heavy atom. The molecule has 2 heterocycles. The number of aliphatic carboxylic acids is 1. The Bertz CT molecular complexity index is 1130. The molecule has 9 heteroatoms. The van der Waals surface area contributed by atoms with Crippen molar-refractivity contribution in [3.63, 3.8) is 0 Å². The molecule has 0 radical (unpaired) electrons. The van der Waals surface area contributed by atoms with Crippen LogP contribution in [0.2, 0.25) is 0 Å². The monoisotopic (exact) mass is 416 g/mol. The molecule has 156 valence electrons. The molecule has 1 N–H and O–H groups in total. The van der Waals surface area contributed by atoms with E-state index in [1.807, 2.05) is 36.4 Å². The van der Waals surface area contributed by atoms with E-state index in [1.54, 1.807) is 12.1 Å². The molecule has 0 saturated heterocycles. The van der Waals surface area contributed by atoms with Gasteiger partial charge in [0.1, 0.15) is 18.3 Å². The fourth-order valence-electron chi connectivity index (χ4n) is 3.79. The van der Waals surface area contributed by atoms with Crippen molar-refractivity contribution in [1.29, 1.82) is 5.26 Å². The van der Waals surface area contributed by atoms with Gasteiger partial charge in [0.15, 0.2) is 5.82 Å². The Morgan fingerprint density at radius 3 is 2.52 bits per heavy atom. The number of carbonyl (C=O) groups is 2. The minimum Gasteiger partial charge on any atom is -0.480 e. The number of nitrogens with zero attached hydrogens (tertiary/aromatic N) is 6. The summed E-state index contributed by atoms with van der Waals surface area (Å²) in [6, 6.07) is 14.3. The Balaban J connectivity index is 1.77. The molecule has 4 rings (SSSR count). The van der Waals surface area contributed by atoms with Crippen molar-refractivity contribution in [2.24, 2.45) is 0 Å². The van der Waals surface area contributed by atoms with E-state index >= 15 is 0 Å². The number of carboxylic acids is 1. The topological polar surface area (TPSA) is 125 Å². The molecule has 3 aromatic rings. The number of amides is 1. The van der Waals surface area contributed by atoms with Gasteiger partial charge in [0, 0.05) is 11.6 Å². The Hall–Kier alpha value is -4.06. The summed E-state index contributed by atoms with van der Waals surface area (Å²) in [5.41, 5.74) is 1.54. The van der Waals surface area contributed by atoms with Crippen LogP contribution >= 0.6 is 0 Å². The minimum atomic E-state index is -1.07. The van der Waals surface area contributed by atoms with E-state index in [2.05, 4.69) is 15.1 Å². The maximum atomic E-state index is 13.3. The third kappa shape index (κ3) is 4.28. The summed E-state index contributed by atoms with van der Waals surface area (Å²) in [6.45, 7) is -0.392. The number of hydrogen-bond acceptors (Lipinski definition) is 6. The van der Waals surface area contributed by atoms with E-state index < -0.39 is 18.4 Å². The highest BCUT2D eigenvalue weighted by Gasteiger charge is 2.32. The van der Waals surface area contributed by atoms with Gasteiger partial charge in [-0.05, 0) is 25.0 Å². The fraction of sp³-hybridized carbons (Fsp3) is 0.273. The highest BCUT2D eigenvalue weighted by atomic mass is 16.4. The zero-order valence-corrected chi connectivity index (χ0v) is 16.7. The number of pyridine rings is 1. The highest BCUT2D eigenvalue weighted by molar-refractivity contribution is 5.93. The van der Waals surface area contributed by atoms with Crippen LogP contribution < -0.4 is 0 Å². The first-order chi connectivity index (χ1) is 15.1. The maximum Gasteiger partial charge on any atom is 0.323 e. The zero-order valence-electron chi connectivity index (χ0n) is 16.7. The smallest absolute Gasteiger partial charge is 0.323 e. The first-order valence-corrected chi connectivity index (χ1v) is 9.98. The third-order valence-corrected chi connectivity index (χ3v) is 5.27. The lowest BCUT2D eigenvalue weighted by atomic mass is 10.2. The van der Waals surface area contributed by atoms with E-state index in [0.717, 1.165) is 31.2 Å². The molecular weight excluding hydrogens is 396 g/mol. The third-order valence-electron chi connectivity index (χ3n) is 5.27. The number of aromatic nitrogens is 4. The van der Waals surface area contributed by atoms with Gasteiger partial charge in [0.2, 0.25) is 5.82 Å². The van der Waals surface area contributed by atoms with E-state index in [4.69, 9.17) is 5.26 Å². The van der Waals surface area contributed by atoms with Gasteiger partial charge < -0.3 is 10.0 Å². The van der Waals surface area contributed by atoms with Gasteiger partial charge in [0.05, 0.1) is 11.9 Å². The summed E-state index contributed by atoms with van der Waals surface area (Å²) in [7, 11) is 0. The summed E-state index contributed by atoms with van der Waals surface area (Å²) in [4.78, 5) is 34.6. The second kappa shape index (κ2) is 8.75. The molecule has 0 unspecified atom stereocenters. The lowest BCUT2D eigenvalue weighted by Gasteiger charge is -2.26. The van der Waals surface area contributed by atoms with Crippen LogP contribution in [0.25, 0.3) is 17.1 Å². The van der Waals surface area contributed by atoms with Gasteiger partial charge in [-0.1, -0.05) is 43.2 Å². The van der Waals surface area contributed by atoms with Gasteiger partial charge in [-0.2, -0.15) is 5.26 Å². The fourth-order valence-corrected chi connectivity index (χ4v) is 3.79. The summed E-state index contributed by atoms with van der Waals surface area (Å²) in [5.74, 6) is -1.22. The van der Waals surface area contributed by atoms with E-state index in [9.17, 15) is 14.7 Å². The van der Waals surface area contributed by atoms with Crippen molar-refractivity contribution in [3.05, 3.63) is 60.2 Å². The van der Waals surface area contributed by atoms with Crippen molar-refractivity contribution in [2.45, 2.75) is 31.7 Å². The summed E-state index contributed by atoms with van der Waals surface area (Å²) >= 11 is 0. The maximum absolute atomic E-state index is 13.3. The number of rotatable bonds is 6. The molecule has 0 aliphatic heterocycles. The molecule has 0 spiro atoms. The molecule has 0 atom stereocenters. The summed E-state index contributed by atoms with van der Waals surface area (Å²) in [6.07, 6.45) is 4.94. The van der Waals surface area contributed by atoms with Crippen LogP contribution in [-0.2, 0) is 4.79 Å².